The lowest BCUT2D eigenvalue weighted by atomic mass is 10.1. The van der Waals surface area contributed by atoms with Crippen molar-refractivity contribution < 1.29 is 19.2 Å². The zero-order valence-electron chi connectivity index (χ0n) is 20.2. The summed E-state index contributed by atoms with van der Waals surface area (Å²) >= 11 is 12.1. The third-order valence-corrected chi connectivity index (χ3v) is 6.06. The van der Waals surface area contributed by atoms with Crippen LogP contribution in [0.15, 0.2) is 42.5 Å². The lowest BCUT2D eigenvalue weighted by molar-refractivity contribution is -0.147. The smallest absolute Gasteiger partial charge is 0.290 e. The van der Waals surface area contributed by atoms with E-state index in [4.69, 9.17) is 23.2 Å². The number of hydrogen-bond acceptors (Lipinski definition) is 4. The van der Waals surface area contributed by atoms with Crippen molar-refractivity contribution in [2.24, 2.45) is 0 Å². The molecule has 2 rings (SSSR count). The predicted molar refractivity (Wildman–Crippen MR) is 134 cm³/mol. The third kappa shape index (κ3) is 6.81. The van der Waals surface area contributed by atoms with Crippen molar-refractivity contribution in [3.8, 4) is 0 Å². The number of anilines is 1. The topological polar surface area (TPSA) is 78.0 Å². The van der Waals surface area contributed by atoms with Crippen LogP contribution in [0.1, 0.15) is 43.1 Å². The number of carbonyl (C=O) groups excluding carboxylic acids is 4. The summed E-state index contributed by atoms with van der Waals surface area (Å²) in [4.78, 5) is 54.7. The minimum Gasteiger partial charge on any atom is -0.345 e. The molecule has 0 aliphatic carbocycles. The fourth-order valence-electron chi connectivity index (χ4n) is 2.99. The van der Waals surface area contributed by atoms with E-state index in [1.54, 1.807) is 77.3 Å². The van der Waals surface area contributed by atoms with E-state index >= 15 is 0 Å². The Bertz CT molecular complexity index is 1090. The molecule has 0 bridgehead atoms. The maximum absolute atomic E-state index is 13.2. The van der Waals surface area contributed by atoms with Crippen molar-refractivity contribution in [3.63, 3.8) is 0 Å². The Labute approximate surface area is 210 Å². The Hall–Kier alpha value is -2.90. The molecule has 0 atom stereocenters. The summed E-state index contributed by atoms with van der Waals surface area (Å²) in [5, 5.41) is 0.706. The number of nitrogens with zero attached hydrogens (tertiary/aromatic N) is 3. The van der Waals surface area contributed by atoms with Gasteiger partial charge in [0.05, 0.1) is 23.0 Å². The summed E-state index contributed by atoms with van der Waals surface area (Å²) in [7, 11) is 4.82. The van der Waals surface area contributed by atoms with Gasteiger partial charge in [0, 0.05) is 37.9 Å². The van der Waals surface area contributed by atoms with Gasteiger partial charge in [0.15, 0.2) is 0 Å². The lowest BCUT2D eigenvalue weighted by Crippen LogP contribution is -2.47. The summed E-state index contributed by atoms with van der Waals surface area (Å²) in [6.45, 7) is 5.49. The van der Waals surface area contributed by atoms with E-state index in [2.05, 4.69) is 0 Å². The molecule has 34 heavy (non-hydrogen) atoms. The highest BCUT2D eigenvalue weighted by atomic mass is 35.5. The van der Waals surface area contributed by atoms with E-state index in [0.29, 0.717) is 26.9 Å². The number of amides is 3. The second kappa shape index (κ2) is 11.0. The molecule has 0 aliphatic rings. The summed E-state index contributed by atoms with van der Waals surface area (Å²) in [5.41, 5.74) is 1.04. The molecule has 0 saturated heterocycles. The van der Waals surface area contributed by atoms with Gasteiger partial charge < -0.3 is 14.7 Å². The van der Waals surface area contributed by atoms with Crippen molar-refractivity contribution in [2.45, 2.75) is 39.3 Å². The van der Waals surface area contributed by atoms with Crippen LogP contribution >= 0.6 is 23.2 Å². The van der Waals surface area contributed by atoms with Crippen molar-refractivity contribution in [3.05, 3.63) is 63.6 Å². The fourth-order valence-corrected chi connectivity index (χ4v) is 3.31. The molecule has 0 radical (unpaired) electrons. The number of halogens is 2. The Morgan fingerprint density at radius 1 is 0.853 bits per heavy atom. The molecule has 7 nitrogen and oxygen atoms in total. The number of Topliss-reactive ketones (excluding diaryl/α,β-unsaturated/α-hetero) is 1. The van der Waals surface area contributed by atoms with Crippen LogP contribution in [0.2, 0.25) is 10.0 Å². The van der Waals surface area contributed by atoms with Gasteiger partial charge in [0.1, 0.15) is 0 Å². The van der Waals surface area contributed by atoms with Crippen molar-refractivity contribution in [1.82, 2.24) is 9.80 Å². The van der Waals surface area contributed by atoms with Gasteiger partial charge in [0.2, 0.25) is 11.7 Å². The SMILES string of the molecule is CN(C)C(=O)c1ccc(N(Cc2ccc(Cl)c(Cl)c2)C(=O)CC(=O)C(=O)N(C)C(C)(C)C)cc1. The molecule has 9 heteroatoms. The second-order valence-electron chi connectivity index (χ2n) is 9.11. The molecule has 0 spiro atoms. The Kier molecular flexibility index (Phi) is 8.86. The first-order valence-electron chi connectivity index (χ1n) is 10.6. The van der Waals surface area contributed by atoms with Gasteiger partial charge in [-0.15, -0.1) is 0 Å². The number of hydrogen-bond donors (Lipinski definition) is 0. The van der Waals surface area contributed by atoms with E-state index in [9.17, 15) is 19.2 Å². The molecule has 2 aromatic rings. The molecular formula is C25H29Cl2N3O4. The highest BCUT2D eigenvalue weighted by Gasteiger charge is 2.30. The van der Waals surface area contributed by atoms with Crippen LogP contribution < -0.4 is 4.90 Å². The van der Waals surface area contributed by atoms with Crippen molar-refractivity contribution >= 4 is 52.4 Å². The van der Waals surface area contributed by atoms with Crippen LogP contribution in [0, 0.1) is 0 Å². The first-order chi connectivity index (χ1) is 15.7. The van der Waals surface area contributed by atoms with Gasteiger partial charge in [-0.2, -0.15) is 0 Å². The van der Waals surface area contributed by atoms with Crippen LogP contribution in [-0.4, -0.2) is 60.0 Å². The summed E-state index contributed by atoms with van der Waals surface area (Å²) < 4.78 is 0. The zero-order chi connectivity index (χ0) is 25.8. The van der Waals surface area contributed by atoms with Gasteiger partial charge in [-0.25, -0.2) is 0 Å². The molecule has 0 unspecified atom stereocenters. The molecule has 3 amide bonds. The third-order valence-electron chi connectivity index (χ3n) is 5.32. The minimum absolute atomic E-state index is 0.0906. The van der Waals surface area contributed by atoms with Gasteiger partial charge in [-0.05, 0) is 62.7 Å². The number of benzene rings is 2. The number of likely N-dealkylation sites (N-methyl/N-ethyl adjacent to an activating group) is 1. The monoisotopic (exact) mass is 505 g/mol. The first-order valence-corrected chi connectivity index (χ1v) is 11.3. The Balaban J connectivity index is 2.35. The maximum Gasteiger partial charge on any atom is 0.290 e. The van der Waals surface area contributed by atoms with E-state index in [1.165, 1.54) is 21.7 Å². The molecule has 182 valence electrons. The largest absolute Gasteiger partial charge is 0.345 e. The maximum atomic E-state index is 13.2. The van der Waals surface area contributed by atoms with Gasteiger partial charge in [-0.1, -0.05) is 29.3 Å². The highest BCUT2D eigenvalue weighted by Crippen LogP contribution is 2.26. The zero-order valence-corrected chi connectivity index (χ0v) is 21.7. The molecule has 0 heterocycles. The summed E-state index contributed by atoms with van der Waals surface area (Å²) in [6.07, 6.45) is -0.598. The van der Waals surface area contributed by atoms with Crippen LogP contribution in [0.3, 0.4) is 0 Å². The van der Waals surface area contributed by atoms with Crippen molar-refractivity contribution in [2.75, 3.05) is 26.0 Å². The molecule has 0 N–H and O–H groups in total. The molecule has 0 aliphatic heterocycles. The Morgan fingerprint density at radius 2 is 1.44 bits per heavy atom. The van der Waals surface area contributed by atoms with Gasteiger partial charge >= 0.3 is 0 Å². The minimum atomic E-state index is -0.805. The van der Waals surface area contributed by atoms with E-state index in [0.717, 1.165) is 0 Å². The first kappa shape index (κ1) is 27.3. The van der Waals surface area contributed by atoms with Crippen LogP contribution in [0.5, 0.6) is 0 Å². The molecule has 0 saturated carbocycles. The second-order valence-corrected chi connectivity index (χ2v) is 9.92. The molecule has 0 fully saturated rings. The van der Waals surface area contributed by atoms with E-state index in [1.807, 2.05) is 0 Å². The average molecular weight is 506 g/mol. The molecular weight excluding hydrogens is 477 g/mol. The van der Waals surface area contributed by atoms with E-state index in [-0.39, 0.29) is 12.5 Å². The van der Waals surface area contributed by atoms with Crippen molar-refractivity contribution in [1.29, 1.82) is 0 Å². The number of carbonyl (C=O) groups is 4. The number of rotatable bonds is 7. The average Bonchev–Trinajstić information content (AvgIpc) is 2.77. The van der Waals surface area contributed by atoms with E-state index < -0.39 is 29.6 Å². The fraction of sp³-hybridized carbons (Fsp3) is 0.360. The molecule has 0 aromatic heterocycles. The lowest BCUT2D eigenvalue weighted by Gasteiger charge is -2.31. The standard InChI is InChI=1S/C25H29Cl2N3O4/c1-25(2,3)29(6)24(34)21(31)14-22(32)30(15-16-7-12-19(26)20(27)13-16)18-10-8-17(9-11-18)23(33)28(4)5/h7-13H,14-15H2,1-6H3. The summed E-state index contributed by atoms with van der Waals surface area (Å²) in [5.74, 6) is -2.28. The number of ketones is 1. The van der Waals surface area contributed by atoms with Crippen LogP contribution in [0.25, 0.3) is 0 Å². The predicted octanol–water partition coefficient (Wildman–Crippen LogP) is 4.44. The molecule has 2 aromatic carbocycles. The Morgan fingerprint density at radius 3 is 1.94 bits per heavy atom. The quantitative estimate of drug-likeness (QED) is 0.411. The van der Waals surface area contributed by atoms with Crippen LogP contribution in [-0.2, 0) is 20.9 Å². The van der Waals surface area contributed by atoms with Gasteiger partial charge in [0.25, 0.3) is 11.8 Å². The van der Waals surface area contributed by atoms with Gasteiger partial charge in [-0.3, -0.25) is 19.2 Å². The summed E-state index contributed by atoms with van der Waals surface area (Å²) in [6, 6.07) is 11.4. The highest BCUT2D eigenvalue weighted by molar-refractivity contribution is 6.42. The normalized spacial score (nSPS) is 11.1. The van der Waals surface area contributed by atoms with Crippen LogP contribution in [0.4, 0.5) is 5.69 Å².